The first-order valence-electron chi connectivity index (χ1n) is 25.3. The highest BCUT2D eigenvalue weighted by Gasteiger charge is 2.71. The monoisotopic (exact) mass is 984 g/mol. The van der Waals surface area contributed by atoms with Crippen LogP contribution in [-0.4, -0.2) is 188 Å². The summed E-state index contributed by atoms with van der Waals surface area (Å²) in [5, 5.41) is 88.1. The molecule has 0 aromatic carbocycles. The summed E-state index contributed by atoms with van der Waals surface area (Å²) in [6.45, 7) is 10.3. The van der Waals surface area contributed by atoms with Crippen molar-refractivity contribution in [2.45, 2.75) is 234 Å². The first-order chi connectivity index (χ1) is 32.6. The molecule has 0 bridgehead atoms. The Labute approximate surface area is 402 Å². The SMILES string of the molecule is CC(=O)O[C@H]1C[C@@H](O[C@@H]2[C@@H](O)C[C@@H](O[C@@H]3[C@@H](O)C[C@@H](O[C@H]4CC[C@]5(C)[C@@H](CC[C@H]6[C@H]5C[C@H](O)[C@@]5(C)[C@H](C7=CC(=O)OC7)CC[C@]65O)C4)O[C@@H]3C)O[C@@H]2C)O[C@H](C)[C@@H]1O[C@H]1O[C@@H](CO)[C@H](O)[C@@H](O)[C@@H]1O. The topological polar surface area (TPSA) is 288 Å². The molecule has 4 saturated heterocycles. The largest absolute Gasteiger partial charge is 0.459 e. The van der Waals surface area contributed by atoms with Gasteiger partial charge < -0.3 is 88.2 Å². The molecule has 4 aliphatic carbocycles. The van der Waals surface area contributed by atoms with Gasteiger partial charge >= 0.3 is 11.9 Å². The Kier molecular flexibility index (Phi) is 15.1. The van der Waals surface area contributed by atoms with Crippen LogP contribution in [0.4, 0.5) is 0 Å². The molecule has 9 rings (SSSR count). The summed E-state index contributed by atoms with van der Waals surface area (Å²) in [5.41, 5.74) is -1.01. The number of rotatable bonds is 11. The second-order valence-corrected chi connectivity index (χ2v) is 22.2. The minimum Gasteiger partial charge on any atom is -0.459 e. The second kappa shape index (κ2) is 20.0. The Bertz CT molecular complexity index is 1850. The second-order valence-electron chi connectivity index (χ2n) is 22.2. The fraction of sp³-hybridized carbons (Fsp3) is 0.918. The van der Waals surface area contributed by atoms with Crippen molar-refractivity contribution in [2.24, 2.45) is 34.5 Å². The van der Waals surface area contributed by atoms with Crippen LogP contribution >= 0.6 is 0 Å². The zero-order valence-electron chi connectivity index (χ0n) is 40.5. The minimum absolute atomic E-state index is 0.00421. The number of aliphatic hydroxyl groups excluding tert-OH is 7. The molecule has 5 aliphatic heterocycles. The summed E-state index contributed by atoms with van der Waals surface area (Å²) in [6, 6.07) is 0. The summed E-state index contributed by atoms with van der Waals surface area (Å²) < 4.78 is 60.1. The van der Waals surface area contributed by atoms with Crippen molar-refractivity contribution in [3.05, 3.63) is 11.6 Å². The zero-order chi connectivity index (χ0) is 49.5. The predicted octanol–water partition coefficient (Wildman–Crippen LogP) is 0.613. The van der Waals surface area contributed by atoms with Crippen LogP contribution in [0.1, 0.15) is 112 Å². The number of fused-ring (bicyclic) bond motifs is 5. The Morgan fingerprint density at radius 1 is 0.710 bits per heavy atom. The quantitative estimate of drug-likeness (QED) is 0.104. The molecule has 0 amide bonds. The number of esters is 2. The van der Waals surface area contributed by atoms with Gasteiger partial charge in [0.25, 0.3) is 0 Å². The van der Waals surface area contributed by atoms with E-state index < -0.39 is 134 Å². The van der Waals surface area contributed by atoms with Crippen LogP contribution in [0, 0.1) is 34.5 Å². The van der Waals surface area contributed by atoms with Crippen molar-refractivity contribution in [3.8, 4) is 0 Å². The molecule has 20 nitrogen and oxygen atoms in total. The van der Waals surface area contributed by atoms with E-state index in [1.165, 1.54) is 6.92 Å². The standard InChI is InChI=1S/C49H76O20/c1-21-43(67-38-17-32(53)44(22(2)62-38)68-39-18-33(64-24(4)51)45(23(3)63-39)69-46-42(58)41(57)40(56)34(19-50)66-46)31(52)16-37(61-21)65-27-9-11-47(5)26(14-27)7-8-29-30(47)15-35(54)48(6)28(10-12-49(29,48)59)25-13-36(55)60-20-25/h13,21-23,26-35,37-46,50,52-54,56-59H,7-12,14-20H2,1-6H3/t21-,22-,23-,26+,27+,28+,29+,30-,31+,32+,33+,34+,35+,37-,38-,39-,40+,41-,42+,43+,44+,45+,46-,47-,48-,49+/m1/s1. The van der Waals surface area contributed by atoms with Gasteiger partial charge in [-0.05, 0) is 107 Å². The summed E-state index contributed by atoms with van der Waals surface area (Å²) in [6.07, 6.45) is -11.1. The number of hydrogen-bond acceptors (Lipinski definition) is 20. The van der Waals surface area contributed by atoms with Crippen molar-refractivity contribution < 1.29 is 97.8 Å². The van der Waals surface area contributed by atoms with Crippen molar-refractivity contribution >= 4 is 11.9 Å². The first-order valence-corrected chi connectivity index (χ1v) is 25.3. The molecule has 0 radical (unpaired) electrons. The van der Waals surface area contributed by atoms with Crippen molar-refractivity contribution in [2.75, 3.05) is 13.2 Å². The zero-order valence-corrected chi connectivity index (χ0v) is 40.5. The summed E-state index contributed by atoms with van der Waals surface area (Å²) >= 11 is 0. The number of cyclic esters (lactones) is 1. The van der Waals surface area contributed by atoms with Crippen LogP contribution in [0.3, 0.4) is 0 Å². The van der Waals surface area contributed by atoms with E-state index in [-0.39, 0.29) is 61.1 Å². The highest BCUT2D eigenvalue weighted by atomic mass is 16.8. The summed E-state index contributed by atoms with van der Waals surface area (Å²) in [4.78, 5) is 24.2. The van der Waals surface area contributed by atoms with Crippen molar-refractivity contribution in [1.82, 2.24) is 0 Å². The number of hydrogen-bond donors (Lipinski definition) is 8. The van der Waals surface area contributed by atoms with E-state index >= 15 is 0 Å². The average Bonchev–Trinajstić information content (AvgIpc) is 3.84. The molecule has 8 fully saturated rings. The van der Waals surface area contributed by atoms with E-state index in [0.29, 0.717) is 25.2 Å². The van der Waals surface area contributed by atoms with E-state index in [9.17, 15) is 50.4 Å². The van der Waals surface area contributed by atoms with Gasteiger partial charge in [-0.25, -0.2) is 4.79 Å². The number of aliphatic hydroxyl groups is 8. The number of carbonyl (C=O) groups is 2. The van der Waals surface area contributed by atoms with E-state index in [1.807, 2.05) is 6.92 Å². The third kappa shape index (κ3) is 9.48. The molecule has 0 spiro atoms. The molecular formula is C49H76O20. The van der Waals surface area contributed by atoms with Gasteiger partial charge in [0.15, 0.2) is 25.2 Å². The van der Waals surface area contributed by atoms with Gasteiger partial charge in [-0.2, -0.15) is 0 Å². The smallest absolute Gasteiger partial charge is 0.331 e. The van der Waals surface area contributed by atoms with Crippen molar-refractivity contribution in [1.29, 1.82) is 0 Å². The lowest BCUT2D eigenvalue weighted by molar-refractivity contribution is -0.355. The van der Waals surface area contributed by atoms with Gasteiger partial charge in [0.05, 0.1) is 54.9 Å². The number of ether oxygens (including phenoxy) is 10. The highest BCUT2D eigenvalue weighted by molar-refractivity contribution is 5.85. The van der Waals surface area contributed by atoms with Gasteiger partial charge in [0.2, 0.25) is 0 Å². The fourth-order valence-electron chi connectivity index (χ4n) is 14.6. The normalized spacial score (nSPS) is 53.3. The molecule has 26 atom stereocenters. The van der Waals surface area contributed by atoms with Crippen LogP contribution in [0.5, 0.6) is 0 Å². The third-order valence-electron chi connectivity index (χ3n) is 18.4. The Morgan fingerprint density at radius 2 is 1.33 bits per heavy atom. The maximum atomic E-state index is 12.6. The molecule has 0 unspecified atom stereocenters. The lowest BCUT2D eigenvalue weighted by Gasteiger charge is -2.65. The maximum absolute atomic E-state index is 12.6. The van der Waals surface area contributed by atoms with E-state index in [1.54, 1.807) is 26.8 Å². The molecule has 0 aromatic heterocycles. The highest BCUT2D eigenvalue weighted by Crippen LogP contribution is 2.70. The van der Waals surface area contributed by atoms with Gasteiger partial charge in [0, 0.05) is 37.7 Å². The van der Waals surface area contributed by atoms with E-state index in [0.717, 1.165) is 37.7 Å². The lowest BCUT2D eigenvalue weighted by Crippen LogP contribution is -2.67. The molecule has 8 N–H and O–H groups in total. The molecular weight excluding hydrogens is 909 g/mol. The fourth-order valence-corrected chi connectivity index (χ4v) is 14.6. The van der Waals surface area contributed by atoms with Gasteiger partial charge in [-0.15, -0.1) is 0 Å². The average molecular weight is 985 g/mol. The van der Waals surface area contributed by atoms with Gasteiger partial charge in [-0.1, -0.05) is 13.8 Å². The third-order valence-corrected chi connectivity index (χ3v) is 18.4. The molecule has 5 heterocycles. The molecule has 20 heteroatoms. The Balaban J connectivity index is 0.752. The van der Waals surface area contributed by atoms with Gasteiger partial charge in [0.1, 0.15) is 55.4 Å². The maximum Gasteiger partial charge on any atom is 0.331 e. The molecule has 0 aromatic rings. The van der Waals surface area contributed by atoms with Crippen LogP contribution in [-0.2, 0) is 57.0 Å². The Hall–Kier alpha value is -1.96. The summed E-state index contributed by atoms with van der Waals surface area (Å²) in [5.74, 6) is -0.580. The predicted molar refractivity (Wildman–Crippen MR) is 235 cm³/mol. The minimum atomic E-state index is -1.69. The van der Waals surface area contributed by atoms with Crippen LogP contribution < -0.4 is 0 Å². The van der Waals surface area contributed by atoms with Gasteiger partial charge in [-0.3, -0.25) is 4.79 Å². The van der Waals surface area contributed by atoms with Crippen LogP contribution in [0.2, 0.25) is 0 Å². The van der Waals surface area contributed by atoms with Crippen LogP contribution in [0.25, 0.3) is 0 Å². The van der Waals surface area contributed by atoms with Crippen molar-refractivity contribution in [3.63, 3.8) is 0 Å². The Morgan fingerprint density at radius 3 is 1.93 bits per heavy atom. The molecule has 69 heavy (non-hydrogen) atoms. The first kappa shape index (κ1) is 51.9. The molecule has 4 saturated carbocycles. The van der Waals surface area contributed by atoms with E-state index in [2.05, 4.69) is 6.92 Å². The number of carbonyl (C=O) groups excluding carboxylic acids is 2. The lowest BCUT2D eigenvalue weighted by atomic mass is 9.42. The van der Waals surface area contributed by atoms with Crippen LogP contribution in [0.15, 0.2) is 11.6 Å². The summed E-state index contributed by atoms with van der Waals surface area (Å²) in [7, 11) is 0. The van der Waals surface area contributed by atoms with E-state index in [4.69, 9.17) is 47.4 Å². The molecule has 392 valence electrons. The molecule has 9 aliphatic rings.